The van der Waals surface area contributed by atoms with Crippen molar-refractivity contribution >= 4 is 28.3 Å². The van der Waals surface area contributed by atoms with E-state index in [1.54, 1.807) is 13.0 Å². The fourth-order valence-corrected chi connectivity index (χ4v) is 3.62. The van der Waals surface area contributed by atoms with Crippen molar-refractivity contribution in [2.45, 2.75) is 40.2 Å². The number of esters is 1. The molecule has 1 aromatic heterocycles. The number of rotatable bonds is 6. The molecule has 0 bridgehead atoms. The molecule has 6 heteroatoms. The summed E-state index contributed by atoms with van der Waals surface area (Å²) in [6, 6.07) is 13.7. The van der Waals surface area contributed by atoms with Crippen LogP contribution in [0.2, 0.25) is 0 Å². The standard InChI is InChI=1S/C23H24N2O3S/c1-5-17-7-9-18(10-8-17)20-13-29-23(24-20)25-21(26)16(4)28-22(27)19-11-6-14(2)12-15(19)3/h6-13,16H,5H2,1-4H3,(H,24,25,26)/t16-/m1/s1. The van der Waals surface area contributed by atoms with Crippen molar-refractivity contribution in [3.05, 3.63) is 70.1 Å². The van der Waals surface area contributed by atoms with Gasteiger partial charge in [-0.05, 0) is 44.4 Å². The van der Waals surface area contributed by atoms with Crippen LogP contribution in [0.3, 0.4) is 0 Å². The van der Waals surface area contributed by atoms with Crippen LogP contribution in [-0.4, -0.2) is 23.0 Å². The fraction of sp³-hybridized carbons (Fsp3) is 0.261. The number of thiazole rings is 1. The maximum absolute atomic E-state index is 12.4. The third-order valence-electron chi connectivity index (χ3n) is 4.65. The predicted molar refractivity (Wildman–Crippen MR) is 116 cm³/mol. The molecule has 0 aliphatic carbocycles. The van der Waals surface area contributed by atoms with Gasteiger partial charge in [0, 0.05) is 10.9 Å². The number of nitrogens with zero attached hydrogens (tertiary/aromatic N) is 1. The first-order valence-electron chi connectivity index (χ1n) is 9.51. The van der Waals surface area contributed by atoms with E-state index in [1.807, 2.05) is 43.5 Å². The number of aryl methyl sites for hydroxylation is 3. The highest BCUT2D eigenvalue weighted by atomic mass is 32.1. The minimum absolute atomic E-state index is 0.412. The van der Waals surface area contributed by atoms with Crippen LogP contribution in [0.4, 0.5) is 5.13 Å². The summed E-state index contributed by atoms with van der Waals surface area (Å²) < 4.78 is 5.33. The second-order valence-electron chi connectivity index (χ2n) is 6.94. The zero-order valence-electron chi connectivity index (χ0n) is 17.0. The van der Waals surface area contributed by atoms with Crippen LogP contribution >= 0.6 is 11.3 Å². The molecule has 5 nitrogen and oxygen atoms in total. The molecular weight excluding hydrogens is 384 g/mol. The Morgan fingerprint density at radius 2 is 1.86 bits per heavy atom. The SMILES string of the molecule is CCc1ccc(-c2csc(NC(=O)[C@@H](C)OC(=O)c3ccc(C)cc3C)n2)cc1. The summed E-state index contributed by atoms with van der Waals surface area (Å²) in [5, 5.41) is 5.09. The first-order valence-corrected chi connectivity index (χ1v) is 10.4. The maximum atomic E-state index is 12.4. The van der Waals surface area contributed by atoms with Crippen LogP contribution < -0.4 is 5.32 Å². The molecule has 3 rings (SSSR count). The van der Waals surface area contributed by atoms with Gasteiger partial charge in [0.15, 0.2) is 11.2 Å². The molecule has 0 radical (unpaired) electrons. The van der Waals surface area contributed by atoms with Gasteiger partial charge in [-0.1, -0.05) is 48.9 Å². The summed E-state index contributed by atoms with van der Waals surface area (Å²) >= 11 is 1.34. The molecule has 3 aromatic rings. The molecule has 0 saturated carbocycles. The van der Waals surface area contributed by atoms with E-state index in [4.69, 9.17) is 4.74 Å². The summed E-state index contributed by atoms with van der Waals surface area (Å²) in [7, 11) is 0. The molecule has 1 N–H and O–H groups in total. The van der Waals surface area contributed by atoms with Crippen LogP contribution in [-0.2, 0) is 16.0 Å². The second-order valence-corrected chi connectivity index (χ2v) is 7.80. The highest BCUT2D eigenvalue weighted by Crippen LogP contribution is 2.25. The van der Waals surface area contributed by atoms with Gasteiger partial charge < -0.3 is 4.74 Å². The van der Waals surface area contributed by atoms with Crippen molar-refractivity contribution in [1.82, 2.24) is 4.98 Å². The largest absolute Gasteiger partial charge is 0.449 e. The third-order valence-corrected chi connectivity index (χ3v) is 5.40. The normalized spacial score (nSPS) is 11.7. The number of amides is 1. The lowest BCUT2D eigenvalue weighted by Crippen LogP contribution is -2.30. The summed E-state index contributed by atoms with van der Waals surface area (Å²) in [5.41, 5.74) is 5.40. The van der Waals surface area contributed by atoms with E-state index in [2.05, 4.69) is 29.4 Å². The van der Waals surface area contributed by atoms with Gasteiger partial charge in [-0.3, -0.25) is 10.1 Å². The van der Waals surface area contributed by atoms with Crippen LogP contribution in [0.5, 0.6) is 0 Å². The average Bonchev–Trinajstić information content (AvgIpc) is 3.16. The number of ether oxygens (including phenoxy) is 1. The van der Waals surface area contributed by atoms with Gasteiger partial charge in [0.2, 0.25) is 0 Å². The molecule has 150 valence electrons. The Hall–Kier alpha value is -2.99. The minimum Gasteiger partial charge on any atom is -0.449 e. The van der Waals surface area contributed by atoms with E-state index in [-0.39, 0.29) is 0 Å². The molecule has 2 aromatic carbocycles. The van der Waals surface area contributed by atoms with Crippen molar-refractivity contribution < 1.29 is 14.3 Å². The molecule has 1 amide bonds. The lowest BCUT2D eigenvalue weighted by Gasteiger charge is -2.13. The molecule has 0 aliphatic heterocycles. The second kappa shape index (κ2) is 9.01. The molecule has 0 unspecified atom stereocenters. The summed E-state index contributed by atoms with van der Waals surface area (Å²) in [4.78, 5) is 29.3. The quantitative estimate of drug-likeness (QED) is 0.571. The van der Waals surface area contributed by atoms with Crippen LogP contribution in [0.1, 0.15) is 40.9 Å². The Kier molecular flexibility index (Phi) is 6.44. The molecule has 29 heavy (non-hydrogen) atoms. The number of carbonyl (C=O) groups is 2. The lowest BCUT2D eigenvalue weighted by atomic mass is 10.1. The third kappa shape index (κ3) is 5.09. The number of anilines is 1. The Bertz CT molecular complexity index is 1020. The number of hydrogen-bond donors (Lipinski definition) is 1. The van der Waals surface area contributed by atoms with Crippen molar-refractivity contribution in [3.8, 4) is 11.3 Å². The van der Waals surface area contributed by atoms with Gasteiger partial charge in [-0.2, -0.15) is 0 Å². The zero-order valence-corrected chi connectivity index (χ0v) is 17.8. The predicted octanol–water partition coefficient (Wildman–Crippen LogP) is 5.17. The van der Waals surface area contributed by atoms with Crippen molar-refractivity contribution in [2.75, 3.05) is 5.32 Å². The van der Waals surface area contributed by atoms with E-state index >= 15 is 0 Å². The Labute approximate surface area is 174 Å². The number of hydrogen-bond acceptors (Lipinski definition) is 5. The van der Waals surface area contributed by atoms with Gasteiger partial charge in [-0.15, -0.1) is 11.3 Å². The fourth-order valence-electron chi connectivity index (χ4n) is 2.90. The number of aromatic nitrogens is 1. The monoisotopic (exact) mass is 408 g/mol. The number of benzene rings is 2. The van der Waals surface area contributed by atoms with Gasteiger partial charge in [-0.25, -0.2) is 9.78 Å². The summed E-state index contributed by atoms with van der Waals surface area (Å²) in [6.45, 7) is 7.46. The van der Waals surface area contributed by atoms with Crippen LogP contribution in [0.25, 0.3) is 11.3 Å². The first-order chi connectivity index (χ1) is 13.9. The maximum Gasteiger partial charge on any atom is 0.339 e. The molecular formula is C23H24N2O3S. The average molecular weight is 409 g/mol. The lowest BCUT2D eigenvalue weighted by molar-refractivity contribution is -0.123. The molecule has 0 aliphatic rings. The van der Waals surface area contributed by atoms with Gasteiger partial charge in [0.1, 0.15) is 0 Å². The highest BCUT2D eigenvalue weighted by Gasteiger charge is 2.21. The van der Waals surface area contributed by atoms with Gasteiger partial charge in [0.05, 0.1) is 11.3 Å². The topological polar surface area (TPSA) is 68.3 Å². The Morgan fingerprint density at radius 1 is 1.14 bits per heavy atom. The van der Waals surface area contributed by atoms with E-state index in [1.165, 1.54) is 16.9 Å². The van der Waals surface area contributed by atoms with Crippen LogP contribution in [0, 0.1) is 13.8 Å². The van der Waals surface area contributed by atoms with E-state index < -0.39 is 18.0 Å². The summed E-state index contributed by atoms with van der Waals surface area (Å²) in [5.74, 6) is -0.925. The molecule has 1 heterocycles. The molecule has 0 saturated heterocycles. The molecule has 1 atom stereocenters. The zero-order chi connectivity index (χ0) is 21.0. The number of carbonyl (C=O) groups excluding carboxylic acids is 2. The highest BCUT2D eigenvalue weighted by molar-refractivity contribution is 7.14. The Morgan fingerprint density at radius 3 is 2.52 bits per heavy atom. The molecule has 0 spiro atoms. The van der Waals surface area contributed by atoms with Gasteiger partial charge in [0.25, 0.3) is 5.91 Å². The van der Waals surface area contributed by atoms with Crippen molar-refractivity contribution in [3.63, 3.8) is 0 Å². The van der Waals surface area contributed by atoms with Crippen molar-refractivity contribution in [1.29, 1.82) is 0 Å². The Balaban J connectivity index is 1.62. The number of nitrogens with one attached hydrogen (secondary N) is 1. The van der Waals surface area contributed by atoms with E-state index in [0.29, 0.717) is 10.7 Å². The molecule has 0 fully saturated rings. The summed E-state index contributed by atoms with van der Waals surface area (Å²) in [6.07, 6.45) is 0.0524. The smallest absolute Gasteiger partial charge is 0.339 e. The minimum atomic E-state index is -0.931. The van der Waals surface area contributed by atoms with Crippen LogP contribution in [0.15, 0.2) is 47.8 Å². The van der Waals surface area contributed by atoms with E-state index in [0.717, 1.165) is 28.8 Å². The van der Waals surface area contributed by atoms with E-state index in [9.17, 15) is 9.59 Å². The van der Waals surface area contributed by atoms with Gasteiger partial charge >= 0.3 is 5.97 Å². The first kappa shape index (κ1) is 20.7. The van der Waals surface area contributed by atoms with Crippen molar-refractivity contribution in [2.24, 2.45) is 0 Å².